The fourth-order valence-electron chi connectivity index (χ4n) is 1.70. The van der Waals surface area contributed by atoms with Gasteiger partial charge in [-0.05, 0) is 40.8 Å². The van der Waals surface area contributed by atoms with Crippen LogP contribution in [0.3, 0.4) is 0 Å². The molecule has 104 valence electrons. The first kappa shape index (κ1) is 15.3. The van der Waals surface area contributed by atoms with E-state index in [0.717, 1.165) is 26.2 Å². The summed E-state index contributed by atoms with van der Waals surface area (Å²) >= 11 is 8.37. The van der Waals surface area contributed by atoms with Crippen LogP contribution in [0.15, 0.2) is 18.5 Å². The summed E-state index contributed by atoms with van der Waals surface area (Å²) in [5.41, 5.74) is 1.99. The smallest absolute Gasteiger partial charge is 0.124 e. The van der Waals surface area contributed by atoms with E-state index in [2.05, 4.69) is 47.2 Å². The van der Waals surface area contributed by atoms with Crippen molar-refractivity contribution in [2.24, 2.45) is 0 Å². The SMILES string of the molecule is C[Si](C)(C)CCOCn1cnc2cc(I)c(Cl)cc21. The number of ether oxygens (including phenoxy) is 1. The zero-order valence-corrected chi connectivity index (χ0v) is 15.3. The van der Waals surface area contributed by atoms with Crippen molar-refractivity contribution in [3.8, 4) is 0 Å². The maximum Gasteiger partial charge on any atom is 0.124 e. The average molecular weight is 409 g/mol. The van der Waals surface area contributed by atoms with Crippen molar-refractivity contribution in [2.75, 3.05) is 6.61 Å². The van der Waals surface area contributed by atoms with Gasteiger partial charge in [0, 0.05) is 18.3 Å². The highest BCUT2D eigenvalue weighted by molar-refractivity contribution is 14.1. The number of fused-ring (bicyclic) bond motifs is 1. The number of halogens is 2. The second-order valence-electron chi connectivity index (χ2n) is 5.82. The maximum absolute atomic E-state index is 6.15. The highest BCUT2D eigenvalue weighted by atomic mass is 127. The third-order valence-corrected chi connectivity index (χ3v) is 6.12. The molecule has 0 unspecified atom stereocenters. The molecule has 1 heterocycles. The second kappa shape index (κ2) is 6.11. The van der Waals surface area contributed by atoms with Crippen molar-refractivity contribution < 1.29 is 4.74 Å². The van der Waals surface area contributed by atoms with Crippen LogP contribution >= 0.6 is 34.2 Å². The number of imidazole rings is 1. The third-order valence-electron chi connectivity index (χ3n) is 2.89. The van der Waals surface area contributed by atoms with Crippen molar-refractivity contribution in [1.82, 2.24) is 9.55 Å². The lowest BCUT2D eigenvalue weighted by molar-refractivity contribution is 0.0898. The molecule has 2 rings (SSSR count). The minimum absolute atomic E-state index is 0.540. The molecule has 0 fully saturated rings. The number of benzene rings is 1. The Balaban J connectivity index is 2.03. The summed E-state index contributed by atoms with van der Waals surface area (Å²) in [5.74, 6) is 0. The number of hydrogen-bond acceptors (Lipinski definition) is 2. The molecular formula is C13H18ClIN2OSi. The molecule has 0 saturated heterocycles. The zero-order chi connectivity index (χ0) is 14.0. The van der Waals surface area contributed by atoms with Crippen LogP contribution in [0.1, 0.15) is 0 Å². The van der Waals surface area contributed by atoms with Gasteiger partial charge in [0.1, 0.15) is 6.73 Å². The van der Waals surface area contributed by atoms with Gasteiger partial charge >= 0.3 is 0 Å². The number of nitrogens with zero attached hydrogens (tertiary/aromatic N) is 2. The van der Waals surface area contributed by atoms with E-state index < -0.39 is 8.07 Å². The van der Waals surface area contributed by atoms with E-state index in [1.54, 1.807) is 0 Å². The van der Waals surface area contributed by atoms with E-state index in [4.69, 9.17) is 16.3 Å². The van der Waals surface area contributed by atoms with Crippen molar-refractivity contribution in [1.29, 1.82) is 0 Å². The summed E-state index contributed by atoms with van der Waals surface area (Å²) in [7, 11) is -1.02. The molecule has 2 aromatic rings. The van der Waals surface area contributed by atoms with Crippen molar-refractivity contribution >= 4 is 53.3 Å². The monoisotopic (exact) mass is 408 g/mol. The molecule has 0 aliphatic heterocycles. The Labute approximate surface area is 133 Å². The summed E-state index contributed by atoms with van der Waals surface area (Å²) in [6.45, 7) is 8.41. The van der Waals surface area contributed by atoms with Crippen molar-refractivity contribution in [2.45, 2.75) is 32.4 Å². The van der Waals surface area contributed by atoms with Gasteiger partial charge in [0.25, 0.3) is 0 Å². The van der Waals surface area contributed by atoms with Crippen LogP contribution in [0.4, 0.5) is 0 Å². The lowest BCUT2D eigenvalue weighted by Crippen LogP contribution is -2.21. The van der Waals surface area contributed by atoms with E-state index >= 15 is 0 Å². The summed E-state index contributed by atoms with van der Waals surface area (Å²) in [6.07, 6.45) is 1.81. The maximum atomic E-state index is 6.15. The zero-order valence-electron chi connectivity index (χ0n) is 11.4. The summed E-state index contributed by atoms with van der Waals surface area (Å²) in [5, 5.41) is 0.761. The first-order chi connectivity index (χ1) is 8.87. The predicted octanol–water partition coefficient (Wildman–Crippen LogP) is 4.61. The summed E-state index contributed by atoms with van der Waals surface area (Å²) < 4.78 is 8.77. The van der Waals surface area contributed by atoms with Crippen molar-refractivity contribution in [3.05, 3.63) is 27.1 Å². The molecule has 0 bridgehead atoms. The van der Waals surface area contributed by atoms with Gasteiger partial charge in [-0.2, -0.15) is 0 Å². The van der Waals surface area contributed by atoms with Crippen LogP contribution < -0.4 is 0 Å². The largest absolute Gasteiger partial charge is 0.361 e. The standard InChI is InChI=1S/C13H18ClIN2OSi/c1-19(2,3)5-4-18-9-17-8-16-12-7-11(15)10(14)6-13(12)17/h6-8H,4-5,9H2,1-3H3. The van der Waals surface area contributed by atoms with Gasteiger partial charge in [0.2, 0.25) is 0 Å². The van der Waals surface area contributed by atoms with Gasteiger partial charge in [-0.1, -0.05) is 31.2 Å². The normalized spacial score (nSPS) is 12.3. The van der Waals surface area contributed by atoms with E-state index in [0.29, 0.717) is 6.73 Å². The van der Waals surface area contributed by atoms with E-state index in [1.807, 2.05) is 23.0 Å². The van der Waals surface area contributed by atoms with Crippen LogP contribution in [0.5, 0.6) is 0 Å². The van der Waals surface area contributed by atoms with E-state index in [-0.39, 0.29) is 0 Å². The van der Waals surface area contributed by atoms with Crippen molar-refractivity contribution in [3.63, 3.8) is 0 Å². The molecule has 0 N–H and O–H groups in total. The fourth-order valence-corrected chi connectivity index (χ4v) is 3.06. The van der Waals surface area contributed by atoms with Crippen LogP contribution in [-0.4, -0.2) is 24.2 Å². The van der Waals surface area contributed by atoms with E-state index in [9.17, 15) is 0 Å². The summed E-state index contributed by atoms with van der Waals surface area (Å²) in [6, 6.07) is 5.13. The molecular weight excluding hydrogens is 391 g/mol. The quantitative estimate of drug-likeness (QED) is 0.410. The van der Waals surface area contributed by atoms with Gasteiger partial charge in [-0.15, -0.1) is 0 Å². The number of aromatic nitrogens is 2. The average Bonchev–Trinajstić information content (AvgIpc) is 2.67. The van der Waals surface area contributed by atoms with Crippen LogP contribution in [0.25, 0.3) is 11.0 Å². The summed E-state index contributed by atoms with van der Waals surface area (Å²) in [4.78, 5) is 4.38. The van der Waals surface area contributed by atoms with Gasteiger partial charge in [0.05, 0.1) is 22.4 Å². The lowest BCUT2D eigenvalue weighted by Gasteiger charge is -2.15. The Morgan fingerprint density at radius 1 is 1.37 bits per heavy atom. The van der Waals surface area contributed by atoms with Gasteiger partial charge < -0.3 is 9.30 Å². The van der Waals surface area contributed by atoms with Crippen LogP contribution in [0.2, 0.25) is 30.7 Å². The lowest BCUT2D eigenvalue weighted by atomic mass is 10.3. The molecule has 0 radical (unpaired) electrons. The van der Waals surface area contributed by atoms with Gasteiger partial charge in [0.15, 0.2) is 0 Å². The van der Waals surface area contributed by atoms with Gasteiger partial charge in [-0.3, -0.25) is 0 Å². The predicted molar refractivity (Wildman–Crippen MR) is 91.6 cm³/mol. The Bertz CT molecular complexity index is 580. The van der Waals surface area contributed by atoms with Gasteiger partial charge in [-0.25, -0.2) is 4.98 Å². The molecule has 1 aromatic carbocycles. The first-order valence-corrected chi connectivity index (χ1v) is 11.4. The van der Waals surface area contributed by atoms with Crippen LogP contribution in [-0.2, 0) is 11.5 Å². The molecule has 6 heteroatoms. The topological polar surface area (TPSA) is 27.1 Å². The molecule has 0 aliphatic carbocycles. The Kier molecular flexibility index (Phi) is 4.92. The molecule has 1 aromatic heterocycles. The molecule has 0 saturated carbocycles. The molecule has 3 nitrogen and oxygen atoms in total. The highest BCUT2D eigenvalue weighted by Crippen LogP contribution is 2.24. The Morgan fingerprint density at radius 3 is 2.79 bits per heavy atom. The minimum atomic E-state index is -1.02. The van der Waals surface area contributed by atoms with E-state index in [1.165, 1.54) is 6.04 Å². The highest BCUT2D eigenvalue weighted by Gasteiger charge is 2.12. The third kappa shape index (κ3) is 4.17. The number of rotatable bonds is 5. The van der Waals surface area contributed by atoms with Crippen LogP contribution in [0, 0.1) is 3.57 Å². The Morgan fingerprint density at radius 2 is 2.11 bits per heavy atom. The fraction of sp³-hybridized carbons (Fsp3) is 0.462. The minimum Gasteiger partial charge on any atom is -0.361 e. The number of hydrogen-bond donors (Lipinski definition) is 0. The second-order valence-corrected chi connectivity index (χ2v) is 13.0. The molecule has 19 heavy (non-hydrogen) atoms. The molecule has 0 aliphatic rings. The Hall–Kier alpha value is -0.113. The molecule has 0 atom stereocenters. The molecule has 0 spiro atoms. The molecule has 0 amide bonds. The first-order valence-electron chi connectivity index (χ1n) is 6.24.